The van der Waals surface area contributed by atoms with Gasteiger partial charge in [0.15, 0.2) is 5.69 Å². The number of hydrogen-bond acceptors (Lipinski definition) is 4. The molecule has 2 aromatic rings. The Balaban J connectivity index is 1.74. The Morgan fingerprint density at radius 3 is 2.95 bits per heavy atom. The summed E-state index contributed by atoms with van der Waals surface area (Å²) in [6.45, 7) is 0.823. The van der Waals surface area contributed by atoms with E-state index in [2.05, 4.69) is 15.5 Å². The normalized spacial score (nSPS) is 20.1. The lowest BCUT2D eigenvalue weighted by Gasteiger charge is -2.31. The molecule has 1 aromatic carbocycles. The van der Waals surface area contributed by atoms with E-state index in [1.54, 1.807) is 0 Å². The minimum absolute atomic E-state index is 0.188. The quantitative estimate of drug-likeness (QED) is 0.870. The molecule has 1 aliphatic heterocycles. The largest absolute Gasteiger partial charge is 0.347 e. The Morgan fingerprint density at radius 2 is 2.18 bits per heavy atom. The molecule has 1 atom stereocenters. The van der Waals surface area contributed by atoms with Crippen LogP contribution in [0.1, 0.15) is 23.3 Å². The molecule has 0 radical (unpaired) electrons. The minimum atomic E-state index is -3.22. The van der Waals surface area contributed by atoms with Gasteiger partial charge in [-0.1, -0.05) is 18.2 Å². The number of nitrogens with zero attached hydrogens (tertiary/aromatic N) is 2. The maximum absolute atomic E-state index is 12.4. The summed E-state index contributed by atoms with van der Waals surface area (Å²) < 4.78 is 24.6. The van der Waals surface area contributed by atoms with Crippen LogP contribution in [0.25, 0.3) is 10.9 Å². The number of H-pyrrole nitrogens is 1. The van der Waals surface area contributed by atoms with Gasteiger partial charge in [0.1, 0.15) is 0 Å². The molecule has 2 N–H and O–H groups in total. The van der Waals surface area contributed by atoms with Crippen LogP contribution in [0, 0.1) is 0 Å². The number of aromatic nitrogens is 2. The molecular weight excluding hydrogens is 304 g/mol. The number of aromatic amines is 1. The number of para-hydroxylation sites is 1. The van der Waals surface area contributed by atoms with Crippen molar-refractivity contribution in [2.24, 2.45) is 0 Å². The van der Waals surface area contributed by atoms with Gasteiger partial charge in [0.05, 0.1) is 11.8 Å². The molecule has 1 amide bonds. The SMILES string of the molecule is CS(=O)(=O)N1CCCC(NC(=O)c2n[nH]c3ccccc23)C1. The third kappa shape index (κ3) is 2.97. The predicted octanol–water partition coefficient (Wildman–Crippen LogP) is 0.717. The average molecular weight is 322 g/mol. The highest BCUT2D eigenvalue weighted by atomic mass is 32.2. The van der Waals surface area contributed by atoms with E-state index < -0.39 is 10.0 Å². The zero-order valence-electron chi connectivity index (χ0n) is 12.2. The number of carbonyl (C=O) groups excluding carboxylic acids is 1. The van der Waals surface area contributed by atoms with Crippen LogP contribution in [0.3, 0.4) is 0 Å². The van der Waals surface area contributed by atoms with Gasteiger partial charge >= 0.3 is 0 Å². The fraction of sp³-hybridized carbons (Fsp3) is 0.429. The number of piperidine rings is 1. The molecular formula is C14H18N4O3S. The van der Waals surface area contributed by atoms with Gasteiger partial charge in [-0.25, -0.2) is 12.7 Å². The second-order valence-corrected chi connectivity index (χ2v) is 7.53. The molecule has 118 valence electrons. The predicted molar refractivity (Wildman–Crippen MR) is 83.0 cm³/mol. The van der Waals surface area contributed by atoms with Crippen LogP contribution < -0.4 is 5.32 Å². The summed E-state index contributed by atoms with van der Waals surface area (Å²) in [5.41, 5.74) is 1.14. The van der Waals surface area contributed by atoms with E-state index in [4.69, 9.17) is 0 Å². The highest BCUT2D eigenvalue weighted by Crippen LogP contribution is 2.17. The van der Waals surface area contributed by atoms with E-state index in [1.165, 1.54) is 10.6 Å². The second-order valence-electron chi connectivity index (χ2n) is 5.55. The summed E-state index contributed by atoms with van der Waals surface area (Å²) in [5, 5.41) is 10.5. The van der Waals surface area contributed by atoms with Gasteiger partial charge in [0, 0.05) is 24.5 Å². The molecule has 0 aliphatic carbocycles. The number of benzene rings is 1. The van der Waals surface area contributed by atoms with Crippen LogP contribution in [-0.4, -0.2) is 54.2 Å². The fourth-order valence-corrected chi connectivity index (χ4v) is 3.66. The summed E-state index contributed by atoms with van der Waals surface area (Å²) in [6, 6.07) is 7.21. The van der Waals surface area contributed by atoms with E-state index in [-0.39, 0.29) is 11.9 Å². The van der Waals surface area contributed by atoms with Crippen LogP contribution in [0.15, 0.2) is 24.3 Å². The van der Waals surface area contributed by atoms with E-state index in [9.17, 15) is 13.2 Å². The molecule has 0 spiro atoms. The number of nitrogens with one attached hydrogen (secondary N) is 2. The van der Waals surface area contributed by atoms with Gasteiger partial charge in [-0.3, -0.25) is 9.89 Å². The molecule has 0 saturated carbocycles. The van der Waals surface area contributed by atoms with Crippen molar-refractivity contribution in [3.63, 3.8) is 0 Å². The summed E-state index contributed by atoms with van der Waals surface area (Å²) in [4.78, 5) is 12.4. The van der Waals surface area contributed by atoms with Crippen LogP contribution in [0.2, 0.25) is 0 Å². The molecule has 1 fully saturated rings. The van der Waals surface area contributed by atoms with Crippen molar-refractivity contribution in [2.75, 3.05) is 19.3 Å². The molecule has 3 rings (SSSR count). The molecule has 1 aromatic heterocycles. The van der Waals surface area contributed by atoms with Gasteiger partial charge in [-0.05, 0) is 18.9 Å². The Kier molecular flexibility index (Phi) is 3.88. The standard InChI is InChI=1S/C14H18N4O3S/c1-22(20,21)18-8-4-5-10(9-18)15-14(19)13-11-6-2-3-7-12(11)16-17-13/h2-3,6-7,10H,4-5,8-9H2,1H3,(H,15,19)(H,16,17). The lowest BCUT2D eigenvalue weighted by molar-refractivity contribution is 0.0918. The van der Waals surface area contributed by atoms with Crippen LogP contribution >= 0.6 is 0 Å². The van der Waals surface area contributed by atoms with E-state index in [0.717, 1.165) is 23.7 Å². The van der Waals surface area contributed by atoms with Crippen molar-refractivity contribution in [3.05, 3.63) is 30.0 Å². The maximum atomic E-state index is 12.4. The minimum Gasteiger partial charge on any atom is -0.347 e. The van der Waals surface area contributed by atoms with Crippen molar-refractivity contribution in [1.82, 2.24) is 19.8 Å². The highest BCUT2D eigenvalue weighted by Gasteiger charge is 2.27. The monoisotopic (exact) mass is 322 g/mol. The Morgan fingerprint density at radius 1 is 1.41 bits per heavy atom. The highest BCUT2D eigenvalue weighted by molar-refractivity contribution is 7.88. The lowest BCUT2D eigenvalue weighted by Crippen LogP contribution is -2.49. The second kappa shape index (κ2) is 5.69. The smallest absolute Gasteiger partial charge is 0.272 e. The third-order valence-electron chi connectivity index (χ3n) is 3.87. The van der Waals surface area contributed by atoms with Gasteiger partial charge in [0.25, 0.3) is 5.91 Å². The van der Waals surface area contributed by atoms with Crippen molar-refractivity contribution in [3.8, 4) is 0 Å². The first-order chi connectivity index (χ1) is 10.4. The van der Waals surface area contributed by atoms with E-state index >= 15 is 0 Å². The number of amides is 1. The molecule has 7 nitrogen and oxygen atoms in total. The first-order valence-electron chi connectivity index (χ1n) is 7.14. The first-order valence-corrected chi connectivity index (χ1v) is 8.99. The van der Waals surface area contributed by atoms with Crippen LogP contribution in [0.4, 0.5) is 0 Å². The molecule has 0 bridgehead atoms. The van der Waals surface area contributed by atoms with E-state index in [1.807, 2.05) is 24.3 Å². The summed E-state index contributed by atoms with van der Waals surface area (Å²) in [7, 11) is -3.22. The lowest BCUT2D eigenvalue weighted by atomic mass is 10.1. The molecule has 1 aliphatic rings. The Labute approximate surface area is 128 Å². The number of carbonyl (C=O) groups is 1. The van der Waals surface area contributed by atoms with Gasteiger partial charge in [-0.2, -0.15) is 5.10 Å². The number of hydrogen-bond donors (Lipinski definition) is 2. The Hall–Kier alpha value is -1.93. The van der Waals surface area contributed by atoms with Crippen molar-refractivity contribution in [1.29, 1.82) is 0 Å². The average Bonchev–Trinajstić information content (AvgIpc) is 2.90. The van der Waals surface area contributed by atoms with Gasteiger partial charge in [0.2, 0.25) is 10.0 Å². The number of fused-ring (bicyclic) bond motifs is 1. The summed E-state index contributed by atoms with van der Waals surface area (Å²) in [5.74, 6) is -0.280. The summed E-state index contributed by atoms with van der Waals surface area (Å²) >= 11 is 0. The zero-order chi connectivity index (χ0) is 15.7. The molecule has 2 heterocycles. The zero-order valence-corrected chi connectivity index (χ0v) is 13.1. The third-order valence-corrected chi connectivity index (χ3v) is 5.14. The van der Waals surface area contributed by atoms with Gasteiger partial charge in [-0.15, -0.1) is 0 Å². The van der Waals surface area contributed by atoms with Gasteiger partial charge < -0.3 is 5.32 Å². The number of rotatable bonds is 3. The van der Waals surface area contributed by atoms with E-state index in [0.29, 0.717) is 18.8 Å². The number of sulfonamides is 1. The molecule has 8 heteroatoms. The van der Waals surface area contributed by atoms with Crippen molar-refractivity contribution < 1.29 is 13.2 Å². The maximum Gasteiger partial charge on any atom is 0.272 e. The topological polar surface area (TPSA) is 95.2 Å². The molecule has 1 saturated heterocycles. The fourth-order valence-electron chi connectivity index (χ4n) is 2.75. The summed E-state index contributed by atoms with van der Waals surface area (Å²) in [6.07, 6.45) is 2.69. The van der Waals surface area contributed by atoms with Crippen molar-refractivity contribution >= 4 is 26.8 Å². The Bertz CT molecular complexity index is 799. The first kappa shape index (κ1) is 15.0. The molecule has 22 heavy (non-hydrogen) atoms. The van der Waals surface area contributed by atoms with Crippen LogP contribution in [-0.2, 0) is 10.0 Å². The molecule has 1 unspecified atom stereocenters. The van der Waals surface area contributed by atoms with Crippen molar-refractivity contribution in [2.45, 2.75) is 18.9 Å². The van der Waals surface area contributed by atoms with Crippen LogP contribution in [0.5, 0.6) is 0 Å².